The van der Waals surface area contributed by atoms with Crippen molar-refractivity contribution in [2.75, 3.05) is 5.01 Å². The fourth-order valence-electron chi connectivity index (χ4n) is 4.19. The van der Waals surface area contributed by atoms with Gasteiger partial charge in [0.25, 0.3) is 5.91 Å². The number of rotatable bonds is 14. The number of allylic oxidation sites excluding steroid dienone is 4. The van der Waals surface area contributed by atoms with Crippen molar-refractivity contribution in [3.05, 3.63) is 77.5 Å². The van der Waals surface area contributed by atoms with E-state index in [1.165, 1.54) is 31.2 Å². The van der Waals surface area contributed by atoms with Crippen molar-refractivity contribution >= 4 is 73.7 Å². The maximum Gasteiger partial charge on any atom is 1.00 e. The van der Waals surface area contributed by atoms with Gasteiger partial charge in [-0.25, -0.2) is 21.6 Å². The van der Waals surface area contributed by atoms with Crippen molar-refractivity contribution in [3.8, 4) is 24.1 Å². The van der Waals surface area contributed by atoms with Crippen LogP contribution in [0.25, 0.3) is 11.8 Å². The predicted octanol–water partition coefficient (Wildman–Crippen LogP) is -11.5. The summed E-state index contributed by atoms with van der Waals surface area (Å²) in [4.78, 5) is 24.2. The number of carbonyl (C=O) groups excluding carboxylic acids is 2. The van der Waals surface area contributed by atoms with Crippen molar-refractivity contribution in [2.24, 2.45) is 5.10 Å². The molecule has 1 N–H and O–H groups in total. The van der Waals surface area contributed by atoms with Crippen LogP contribution in [0.15, 0.2) is 91.0 Å². The van der Waals surface area contributed by atoms with Crippen LogP contribution in [-0.2, 0) is 48.5 Å². The molecular weight excluding hydrogens is 921 g/mol. The van der Waals surface area contributed by atoms with Gasteiger partial charge < -0.3 is 29.5 Å². The number of carbonyl (C=O) groups is 2. The van der Waals surface area contributed by atoms with Crippen LogP contribution in [0.2, 0.25) is 0 Å². The van der Waals surface area contributed by atoms with Crippen molar-refractivity contribution in [2.45, 2.75) is 26.5 Å². The standard InChI is InChI=1S/C27H20N4O16S4.4K/c1-3-43-27(34)24-19(26(33)31(29-24)21-14-17(49-47-45-36)10-12-23(21)51(40,41)42)8-6-4-5-7-18-15(2)28-30(25(18)32)20-13-16(48-46-44-35)9-11-22(20)50(37,38)39;;;;/h1,4-14,33,35-36H,2H3,(H,37,38,39)(H,40,41,42);;;;/q;4*+1/p-4/b5-4+,8-6+,18-7-;;;;. The molecule has 28 heteroatoms. The fraction of sp³-hybridized carbons (Fsp3) is 0.0370. The van der Waals surface area contributed by atoms with Gasteiger partial charge in [-0.3, -0.25) is 14.9 Å². The topological polar surface area (TPSA) is 294 Å². The molecule has 0 fully saturated rings. The molecule has 1 amide bonds. The van der Waals surface area contributed by atoms with Gasteiger partial charge in [0.05, 0.1) is 62.1 Å². The molecule has 0 aliphatic carbocycles. The summed E-state index contributed by atoms with van der Waals surface area (Å²) >= 11 is 0.685. The van der Waals surface area contributed by atoms with E-state index in [1.54, 1.807) is 6.11 Å². The van der Waals surface area contributed by atoms with Gasteiger partial charge in [0.1, 0.15) is 26.3 Å². The number of benzene rings is 2. The molecule has 55 heavy (non-hydrogen) atoms. The van der Waals surface area contributed by atoms with Gasteiger partial charge in [0.15, 0.2) is 5.69 Å². The Kier molecular flexibility index (Phi) is 27.0. The number of aromatic hydroxyl groups is 1. The first-order valence-electron chi connectivity index (χ1n) is 13.0. The number of anilines is 1. The molecular formula is C27H16K4N4O16S4. The molecule has 0 bridgehead atoms. The minimum absolute atomic E-state index is 0. The summed E-state index contributed by atoms with van der Waals surface area (Å²) in [5.74, 6) is -3.00. The van der Waals surface area contributed by atoms with Gasteiger partial charge in [-0.05, 0) is 55.5 Å². The van der Waals surface area contributed by atoms with Gasteiger partial charge in [-0.1, -0.05) is 24.7 Å². The summed E-state index contributed by atoms with van der Waals surface area (Å²) in [7, 11) is -10.3. The second kappa shape index (κ2) is 26.2. The molecule has 0 radical (unpaired) electrons. The van der Waals surface area contributed by atoms with E-state index in [0.29, 0.717) is 33.8 Å². The van der Waals surface area contributed by atoms with Crippen molar-refractivity contribution < 1.29 is 280 Å². The number of terminal acetylenes is 1. The summed E-state index contributed by atoms with van der Waals surface area (Å²) in [6.45, 7) is 1.41. The minimum atomic E-state index is -5.21. The quantitative estimate of drug-likeness (QED) is 0.0181. The van der Waals surface area contributed by atoms with Crippen LogP contribution < -0.4 is 221 Å². The van der Waals surface area contributed by atoms with E-state index in [2.05, 4.69) is 33.7 Å². The molecule has 0 atom stereocenters. The molecule has 0 saturated carbocycles. The van der Waals surface area contributed by atoms with Gasteiger partial charge in [0, 0.05) is 9.79 Å². The van der Waals surface area contributed by atoms with Crippen LogP contribution >= 0.6 is 24.1 Å². The molecule has 4 rings (SSSR count). The Hall–Kier alpha value is 1.67. The molecule has 0 saturated heterocycles. The second-order valence-corrected chi connectivity index (χ2v) is 13.5. The average molecular weight is 937 g/mol. The molecule has 1 aliphatic heterocycles. The zero-order valence-electron chi connectivity index (χ0n) is 28.9. The molecule has 268 valence electrons. The largest absolute Gasteiger partial charge is 1.00 e. The van der Waals surface area contributed by atoms with Gasteiger partial charge in [-0.15, -0.1) is 0 Å². The zero-order chi connectivity index (χ0) is 37.5. The van der Waals surface area contributed by atoms with E-state index >= 15 is 0 Å². The third kappa shape index (κ3) is 15.2. The molecule has 0 unspecified atom stereocenters. The third-order valence-corrected chi connectivity index (χ3v) is 9.13. The maximum absolute atomic E-state index is 13.2. The molecule has 1 aromatic heterocycles. The Labute approximate surface area is 491 Å². The van der Waals surface area contributed by atoms with E-state index in [9.17, 15) is 51.2 Å². The van der Waals surface area contributed by atoms with Crippen molar-refractivity contribution in [3.63, 3.8) is 0 Å². The van der Waals surface area contributed by atoms with E-state index in [4.69, 9.17) is 6.42 Å². The molecule has 2 aromatic carbocycles. The van der Waals surface area contributed by atoms with Gasteiger partial charge in [0.2, 0.25) is 5.88 Å². The Morgan fingerprint density at radius 2 is 1.42 bits per heavy atom. The van der Waals surface area contributed by atoms with Crippen LogP contribution in [0.5, 0.6) is 5.88 Å². The second-order valence-electron chi connectivity index (χ2n) is 9.24. The van der Waals surface area contributed by atoms with Crippen molar-refractivity contribution in [1.29, 1.82) is 0 Å². The number of aromatic nitrogens is 2. The SMILES string of the molecule is C#COC(=O)c1nn(-c2cc(SOO[O-])ccc2S(=O)(=O)[O-])c(O)c1/C=C/C=C/C=C1\C(=O)N(c2cc(SOO[O-])ccc2S(=O)(=O)[O-])N=C1C.[K+].[K+].[K+].[K+]. The Balaban J connectivity index is 0.00000729. The molecule has 1 aliphatic rings. The average Bonchev–Trinajstić information content (AvgIpc) is 3.55. The first-order valence-corrected chi connectivity index (χ1v) is 17.3. The van der Waals surface area contributed by atoms with E-state index < -0.39 is 64.9 Å². The Morgan fingerprint density at radius 1 is 0.891 bits per heavy atom. The van der Waals surface area contributed by atoms with E-state index in [-0.39, 0.29) is 232 Å². The van der Waals surface area contributed by atoms with Crippen LogP contribution in [0, 0.1) is 12.5 Å². The van der Waals surface area contributed by atoms with Crippen LogP contribution in [0.3, 0.4) is 0 Å². The Morgan fingerprint density at radius 3 is 1.93 bits per heavy atom. The Bertz CT molecular complexity index is 2280. The summed E-state index contributed by atoms with van der Waals surface area (Å²) in [5, 5.41) is 46.5. The third-order valence-electron chi connectivity index (χ3n) is 6.22. The number of hydrogen-bond acceptors (Lipinski definition) is 20. The first-order chi connectivity index (χ1) is 24.1. The van der Waals surface area contributed by atoms with Crippen LogP contribution in [-0.4, -0.2) is 58.4 Å². The predicted molar refractivity (Wildman–Crippen MR) is 165 cm³/mol. The number of ether oxygens (including phenoxy) is 1. The number of hydrazone groups is 1. The molecule has 3 aromatic rings. The van der Waals surface area contributed by atoms with Crippen molar-refractivity contribution in [1.82, 2.24) is 9.78 Å². The number of amides is 1. The summed E-state index contributed by atoms with van der Waals surface area (Å²) < 4.78 is 85.0. The van der Waals surface area contributed by atoms with Gasteiger partial charge in [-0.2, -0.15) is 28.6 Å². The summed E-state index contributed by atoms with van der Waals surface area (Å²) in [6, 6.07) is 5.95. The van der Waals surface area contributed by atoms with E-state index in [1.807, 2.05) is 0 Å². The monoisotopic (exact) mass is 936 g/mol. The molecule has 20 nitrogen and oxygen atoms in total. The summed E-state index contributed by atoms with van der Waals surface area (Å²) in [6.07, 6.45) is 12.8. The number of hydrogen-bond donors (Lipinski definition) is 1. The van der Waals surface area contributed by atoms with Crippen LogP contribution in [0.4, 0.5) is 5.69 Å². The minimum Gasteiger partial charge on any atom is -0.744 e. The normalized spacial score (nSPS) is 13.5. The first kappa shape index (κ1) is 56.7. The maximum atomic E-state index is 13.2. The van der Waals surface area contributed by atoms with Gasteiger partial charge >= 0.3 is 212 Å². The van der Waals surface area contributed by atoms with Crippen LogP contribution in [0.1, 0.15) is 23.0 Å². The molecule has 0 spiro atoms. The molecule has 2 heterocycles. The zero-order valence-corrected chi connectivity index (χ0v) is 44.7. The smallest absolute Gasteiger partial charge is 0.744 e. The number of nitrogens with zero attached hydrogens (tertiary/aromatic N) is 4. The number of esters is 1. The van der Waals surface area contributed by atoms with E-state index in [0.717, 1.165) is 42.5 Å². The fourth-order valence-corrected chi connectivity index (χ4v) is 6.25. The summed E-state index contributed by atoms with van der Waals surface area (Å²) in [5.41, 5.74) is -2.00.